The molecule has 2 heterocycles. The Hall–Kier alpha value is -3.78. The summed E-state index contributed by atoms with van der Waals surface area (Å²) >= 11 is 0. The number of hydrogen-bond donors (Lipinski definition) is 2. The Kier molecular flexibility index (Phi) is 8.18. The molecule has 1 aliphatic heterocycles. The van der Waals surface area contributed by atoms with Crippen LogP contribution >= 0.6 is 0 Å². The van der Waals surface area contributed by atoms with E-state index in [0.29, 0.717) is 48.9 Å². The van der Waals surface area contributed by atoms with Crippen LogP contribution in [-0.4, -0.2) is 46.5 Å². The van der Waals surface area contributed by atoms with Gasteiger partial charge in [-0.05, 0) is 49.0 Å². The fraction of sp³-hybridized carbons (Fsp3) is 0.379. The lowest BCUT2D eigenvalue weighted by Gasteiger charge is -2.30. The second-order valence-corrected chi connectivity index (χ2v) is 10.4. The number of aromatic nitrogens is 2. The predicted octanol–water partition coefficient (Wildman–Crippen LogP) is 4.80. The Bertz CT molecular complexity index is 1230. The molecular formula is C29H35N5O3. The first kappa shape index (κ1) is 26.3. The Labute approximate surface area is 218 Å². The Balaban J connectivity index is 1.30. The number of piperidine rings is 1. The highest BCUT2D eigenvalue weighted by Crippen LogP contribution is 2.26. The van der Waals surface area contributed by atoms with E-state index in [0.717, 1.165) is 18.7 Å². The zero-order valence-electron chi connectivity index (χ0n) is 21.8. The van der Waals surface area contributed by atoms with Gasteiger partial charge in [-0.15, -0.1) is 6.58 Å². The summed E-state index contributed by atoms with van der Waals surface area (Å²) in [6.45, 7) is 12.6. The normalized spacial score (nSPS) is 14.8. The molecule has 194 valence electrons. The average Bonchev–Trinajstić information content (AvgIpc) is 3.36. The van der Waals surface area contributed by atoms with Crippen LogP contribution in [-0.2, 0) is 16.8 Å². The topological polar surface area (TPSA) is 100 Å². The Morgan fingerprint density at radius 3 is 2.49 bits per heavy atom. The van der Waals surface area contributed by atoms with Gasteiger partial charge in [-0.25, -0.2) is 0 Å². The highest BCUT2D eigenvalue weighted by molar-refractivity contribution is 6.04. The van der Waals surface area contributed by atoms with Crippen molar-refractivity contribution in [3.63, 3.8) is 0 Å². The molecule has 8 nitrogen and oxygen atoms in total. The summed E-state index contributed by atoms with van der Waals surface area (Å²) in [5.41, 5.74) is 3.23. The molecule has 2 amide bonds. The first-order valence-electron chi connectivity index (χ1n) is 12.7. The summed E-state index contributed by atoms with van der Waals surface area (Å²) in [4.78, 5) is 32.2. The largest absolute Gasteiger partial charge is 0.349 e. The molecule has 4 rings (SSSR count). The zero-order chi connectivity index (χ0) is 26.4. The maximum absolute atomic E-state index is 12.9. The van der Waals surface area contributed by atoms with Gasteiger partial charge in [0.15, 0.2) is 0 Å². The smallest absolute Gasteiger partial charge is 0.253 e. The maximum Gasteiger partial charge on any atom is 0.253 e. The summed E-state index contributed by atoms with van der Waals surface area (Å²) in [7, 11) is 0. The van der Waals surface area contributed by atoms with Crippen LogP contribution < -0.4 is 10.6 Å². The Morgan fingerprint density at radius 2 is 1.81 bits per heavy atom. The van der Waals surface area contributed by atoms with Crippen molar-refractivity contribution in [3.8, 4) is 11.4 Å². The number of anilines is 1. The first-order chi connectivity index (χ1) is 17.7. The minimum absolute atomic E-state index is 0.0672. The number of carbonyl (C=O) groups is 2. The summed E-state index contributed by atoms with van der Waals surface area (Å²) in [6.07, 6.45) is 3.05. The van der Waals surface area contributed by atoms with Crippen molar-refractivity contribution in [3.05, 3.63) is 78.2 Å². The number of rotatable bonds is 8. The fourth-order valence-electron chi connectivity index (χ4n) is 4.39. The summed E-state index contributed by atoms with van der Waals surface area (Å²) in [5, 5.41) is 9.87. The van der Waals surface area contributed by atoms with Crippen LogP contribution in [0.4, 0.5) is 5.69 Å². The quantitative estimate of drug-likeness (QED) is 0.430. The van der Waals surface area contributed by atoms with E-state index in [9.17, 15) is 9.59 Å². The maximum atomic E-state index is 12.9. The van der Waals surface area contributed by atoms with E-state index in [2.05, 4.69) is 65.2 Å². The van der Waals surface area contributed by atoms with Gasteiger partial charge in [0.25, 0.3) is 5.91 Å². The third kappa shape index (κ3) is 6.71. The molecule has 0 unspecified atom stereocenters. The van der Waals surface area contributed by atoms with Crippen molar-refractivity contribution in [2.75, 3.05) is 25.0 Å². The van der Waals surface area contributed by atoms with Gasteiger partial charge in [-0.3, -0.25) is 14.5 Å². The number of benzene rings is 2. The molecular weight excluding hydrogens is 466 g/mol. The van der Waals surface area contributed by atoms with Crippen molar-refractivity contribution < 1.29 is 14.1 Å². The molecule has 0 bridgehead atoms. The van der Waals surface area contributed by atoms with Crippen LogP contribution in [0.5, 0.6) is 0 Å². The SMILES string of the molecule is C=CCNC(=O)c1ccccc1NC(=O)C1CCN(Cc2nc(-c3ccc(C(C)(C)C)cc3)no2)CC1. The van der Waals surface area contributed by atoms with Gasteiger partial charge in [-0.1, -0.05) is 68.4 Å². The van der Waals surface area contributed by atoms with Crippen LogP contribution in [0.3, 0.4) is 0 Å². The molecule has 0 saturated carbocycles. The number of carbonyl (C=O) groups excluding carboxylic acids is 2. The standard InChI is InChI=1S/C29H35N5O3/c1-5-16-30-28(36)23-8-6-7-9-24(23)31-27(35)21-14-17-34(18-15-21)19-25-32-26(33-37-25)20-10-12-22(13-11-20)29(2,3)4/h5-13,21H,1,14-19H2,2-4H3,(H,30,36)(H,31,35). The average molecular weight is 502 g/mol. The third-order valence-corrected chi connectivity index (χ3v) is 6.63. The molecule has 3 aromatic rings. The minimum atomic E-state index is -0.241. The predicted molar refractivity (Wildman–Crippen MR) is 144 cm³/mol. The number of nitrogens with zero attached hydrogens (tertiary/aromatic N) is 3. The monoisotopic (exact) mass is 501 g/mol. The van der Waals surface area contributed by atoms with E-state index in [1.807, 2.05) is 12.1 Å². The van der Waals surface area contributed by atoms with Gasteiger partial charge in [0.05, 0.1) is 17.8 Å². The summed E-state index contributed by atoms with van der Waals surface area (Å²) < 4.78 is 5.51. The van der Waals surface area contributed by atoms with Crippen molar-refractivity contribution in [1.29, 1.82) is 0 Å². The van der Waals surface area contributed by atoms with Crippen molar-refractivity contribution in [2.45, 2.75) is 45.6 Å². The van der Waals surface area contributed by atoms with Crippen molar-refractivity contribution >= 4 is 17.5 Å². The van der Waals surface area contributed by atoms with Crippen LogP contribution in [0, 0.1) is 5.92 Å². The molecule has 1 aromatic heterocycles. The molecule has 0 aliphatic carbocycles. The first-order valence-corrected chi connectivity index (χ1v) is 12.7. The third-order valence-electron chi connectivity index (χ3n) is 6.63. The van der Waals surface area contributed by atoms with E-state index in [-0.39, 0.29) is 23.1 Å². The van der Waals surface area contributed by atoms with Crippen LogP contribution in [0.15, 0.2) is 65.7 Å². The fourth-order valence-corrected chi connectivity index (χ4v) is 4.39. The van der Waals surface area contributed by atoms with E-state index in [1.165, 1.54) is 5.56 Å². The second-order valence-electron chi connectivity index (χ2n) is 10.4. The van der Waals surface area contributed by atoms with E-state index < -0.39 is 0 Å². The lowest BCUT2D eigenvalue weighted by Crippen LogP contribution is -2.38. The van der Waals surface area contributed by atoms with Crippen molar-refractivity contribution in [1.82, 2.24) is 20.4 Å². The lowest BCUT2D eigenvalue weighted by molar-refractivity contribution is -0.121. The molecule has 1 aliphatic rings. The van der Waals surface area contributed by atoms with E-state index in [1.54, 1.807) is 30.3 Å². The van der Waals surface area contributed by atoms with Gasteiger partial charge >= 0.3 is 0 Å². The van der Waals surface area contributed by atoms with Crippen LogP contribution in [0.2, 0.25) is 0 Å². The highest BCUT2D eigenvalue weighted by Gasteiger charge is 2.27. The second kappa shape index (κ2) is 11.5. The Morgan fingerprint density at radius 1 is 1.11 bits per heavy atom. The number of likely N-dealkylation sites (tertiary alicyclic amines) is 1. The molecule has 37 heavy (non-hydrogen) atoms. The van der Waals surface area contributed by atoms with Crippen LogP contribution in [0.25, 0.3) is 11.4 Å². The van der Waals surface area contributed by atoms with E-state index >= 15 is 0 Å². The summed E-state index contributed by atoms with van der Waals surface area (Å²) in [5.74, 6) is 0.718. The van der Waals surface area contributed by atoms with E-state index in [4.69, 9.17) is 4.52 Å². The molecule has 0 spiro atoms. The molecule has 2 aromatic carbocycles. The zero-order valence-corrected chi connectivity index (χ0v) is 21.8. The summed E-state index contributed by atoms with van der Waals surface area (Å²) in [6, 6.07) is 15.3. The molecule has 1 fully saturated rings. The molecule has 0 radical (unpaired) electrons. The van der Waals surface area contributed by atoms with Crippen LogP contribution in [0.1, 0.15) is 55.4 Å². The van der Waals surface area contributed by atoms with Gasteiger partial charge in [0.1, 0.15) is 0 Å². The highest BCUT2D eigenvalue weighted by atomic mass is 16.5. The van der Waals surface area contributed by atoms with Gasteiger partial charge in [0, 0.05) is 18.0 Å². The van der Waals surface area contributed by atoms with Gasteiger partial charge < -0.3 is 15.2 Å². The number of amides is 2. The lowest BCUT2D eigenvalue weighted by atomic mass is 9.87. The van der Waals surface area contributed by atoms with Crippen molar-refractivity contribution in [2.24, 2.45) is 5.92 Å². The number of hydrogen-bond acceptors (Lipinski definition) is 6. The molecule has 2 N–H and O–H groups in total. The molecule has 1 saturated heterocycles. The number of para-hydroxylation sites is 1. The number of nitrogens with one attached hydrogen (secondary N) is 2. The minimum Gasteiger partial charge on any atom is -0.349 e. The molecule has 0 atom stereocenters. The van der Waals surface area contributed by atoms with Gasteiger partial charge in [0.2, 0.25) is 17.6 Å². The molecule has 8 heteroatoms. The van der Waals surface area contributed by atoms with Gasteiger partial charge in [-0.2, -0.15) is 4.98 Å².